The Labute approximate surface area is 156 Å². The van der Waals surface area contributed by atoms with Crippen LogP contribution in [0.4, 0.5) is 0 Å². The van der Waals surface area contributed by atoms with Gasteiger partial charge in [-0.05, 0) is 38.1 Å². The Balaban J connectivity index is 2.00. The molecule has 0 fully saturated rings. The molecular formula is C18H20BrNO4S. The van der Waals surface area contributed by atoms with E-state index in [1.807, 2.05) is 38.1 Å². The van der Waals surface area contributed by atoms with Gasteiger partial charge in [-0.25, -0.2) is 13.1 Å². The van der Waals surface area contributed by atoms with Crippen LogP contribution in [-0.4, -0.2) is 21.1 Å². The van der Waals surface area contributed by atoms with E-state index in [0.717, 1.165) is 5.56 Å². The molecule has 1 aliphatic rings. The minimum atomic E-state index is -3.78. The minimum absolute atomic E-state index is 0.103. The van der Waals surface area contributed by atoms with E-state index >= 15 is 0 Å². The number of sulfonamides is 1. The third-order valence-corrected chi connectivity index (χ3v) is 6.08. The lowest BCUT2D eigenvalue weighted by Gasteiger charge is -2.37. The Kier molecular flexibility index (Phi) is 4.83. The molecule has 0 saturated carbocycles. The molecule has 5 nitrogen and oxygen atoms in total. The molecule has 2 aromatic carbocycles. The summed E-state index contributed by atoms with van der Waals surface area (Å²) in [5, 5.41) is 0. The minimum Gasteiger partial charge on any atom is -0.495 e. The van der Waals surface area contributed by atoms with Crippen molar-refractivity contribution in [1.29, 1.82) is 0 Å². The van der Waals surface area contributed by atoms with E-state index in [-0.39, 0.29) is 10.9 Å². The summed E-state index contributed by atoms with van der Waals surface area (Å²) in [5.41, 5.74) is 0.363. The Morgan fingerprint density at radius 3 is 2.68 bits per heavy atom. The van der Waals surface area contributed by atoms with E-state index in [2.05, 4.69) is 20.7 Å². The fraction of sp³-hybridized carbons (Fsp3) is 0.333. The zero-order valence-corrected chi connectivity index (χ0v) is 16.6. The highest BCUT2D eigenvalue weighted by Gasteiger charge is 2.36. The first kappa shape index (κ1) is 18.2. The van der Waals surface area contributed by atoms with Gasteiger partial charge in [0.15, 0.2) is 0 Å². The topological polar surface area (TPSA) is 64.6 Å². The molecule has 0 bridgehead atoms. The third-order valence-electron chi connectivity index (χ3n) is 4.09. The summed E-state index contributed by atoms with van der Waals surface area (Å²) < 4.78 is 40.7. The summed E-state index contributed by atoms with van der Waals surface area (Å²) in [4.78, 5) is 0.103. The highest BCUT2D eigenvalue weighted by atomic mass is 79.9. The van der Waals surface area contributed by atoms with Crippen LogP contribution in [0.2, 0.25) is 0 Å². The summed E-state index contributed by atoms with van der Waals surface area (Å²) in [7, 11) is -2.33. The van der Waals surface area contributed by atoms with Crippen LogP contribution < -0.4 is 14.2 Å². The molecule has 1 heterocycles. The number of hydrogen-bond acceptors (Lipinski definition) is 4. The summed E-state index contributed by atoms with van der Waals surface area (Å²) in [6.45, 7) is 3.90. The zero-order chi connectivity index (χ0) is 18.2. The standard InChI is InChI=1S/C18H20BrNO4S/c1-18(2)11-14(13-6-4-5-7-15(13)24-18)20-25(21,22)17-10-12(19)8-9-16(17)23-3/h4-10,14,20H,11H2,1-3H3/t14-/m0/s1. The second-order valence-electron chi connectivity index (χ2n) is 6.57. The van der Waals surface area contributed by atoms with Gasteiger partial charge < -0.3 is 9.47 Å². The fourth-order valence-electron chi connectivity index (χ4n) is 3.02. The zero-order valence-electron chi connectivity index (χ0n) is 14.2. The number of ether oxygens (including phenoxy) is 2. The van der Waals surface area contributed by atoms with E-state index < -0.39 is 15.6 Å². The van der Waals surface area contributed by atoms with Crippen molar-refractivity contribution < 1.29 is 17.9 Å². The Morgan fingerprint density at radius 1 is 1.24 bits per heavy atom. The fourth-order valence-corrected chi connectivity index (χ4v) is 4.94. The molecule has 0 amide bonds. The van der Waals surface area contributed by atoms with E-state index in [1.165, 1.54) is 13.2 Å². The molecule has 0 radical (unpaired) electrons. The molecule has 1 atom stereocenters. The molecule has 0 unspecified atom stereocenters. The lowest BCUT2D eigenvalue weighted by molar-refractivity contribution is 0.0702. The lowest BCUT2D eigenvalue weighted by Crippen LogP contribution is -2.41. The average molecular weight is 426 g/mol. The Hall–Kier alpha value is -1.57. The van der Waals surface area contributed by atoms with Crippen LogP contribution in [0.1, 0.15) is 31.9 Å². The maximum absolute atomic E-state index is 13.0. The lowest BCUT2D eigenvalue weighted by atomic mass is 9.90. The second-order valence-corrected chi connectivity index (χ2v) is 9.17. The first-order chi connectivity index (χ1) is 11.7. The summed E-state index contributed by atoms with van der Waals surface area (Å²) in [6, 6.07) is 12.0. The molecule has 2 aromatic rings. The Bertz CT molecular complexity index is 896. The van der Waals surface area contributed by atoms with Crippen LogP contribution in [0.15, 0.2) is 51.8 Å². The highest BCUT2D eigenvalue weighted by Crippen LogP contribution is 2.40. The quantitative estimate of drug-likeness (QED) is 0.802. The SMILES string of the molecule is COc1ccc(Br)cc1S(=O)(=O)N[C@H]1CC(C)(C)Oc2ccccc21. The van der Waals surface area contributed by atoms with Crippen molar-refractivity contribution in [3.8, 4) is 11.5 Å². The van der Waals surface area contributed by atoms with Crippen molar-refractivity contribution in [2.24, 2.45) is 0 Å². The maximum Gasteiger partial charge on any atom is 0.244 e. The van der Waals surface area contributed by atoms with Crippen molar-refractivity contribution >= 4 is 26.0 Å². The molecule has 0 aliphatic carbocycles. The average Bonchev–Trinajstić information content (AvgIpc) is 2.53. The van der Waals surface area contributed by atoms with Crippen molar-refractivity contribution in [1.82, 2.24) is 4.72 Å². The van der Waals surface area contributed by atoms with Crippen LogP contribution in [-0.2, 0) is 10.0 Å². The second kappa shape index (κ2) is 6.63. The van der Waals surface area contributed by atoms with Gasteiger partial charge in [0.25, 0.3) is 0 Å². The number of hydrogen-bond donors (Lipinski definition) is 1. The number of nitrogens with one attached hydrogen (secondary N) is 1. The number of methoxy groups -OCH3 is 1. The molecule has 3 rings (SSSR count). The van der Waals surface area contributed by atoms with Crippen LogP contribution >= 0.6 is 15.9 Å². The largest absolute Gasteiger partial charge is 0.495 e. The Morgan fingerprint density at radius 2 is 1.96 bits per heavy atom. The predicted molar refractivity (Wildman–Crippen MR) is 99.5 cm³/mol. The first-order valence-electron chi connectivity index (χ1n) is 7.86. The predicted octanol–water partition coefficient (Wildman–Crippen LogP) is 4.04. The van der Waals surface area contributed by atoms with Gasteiger partial charge in [0.1, 0.15) is 22.0 Å². The van der Waals surface area contributed by atoms with Gasteiger partial charge in [-0.15, -0.1) is 0 Å². The molecule has 7 heteroatoms. The van der Waals surface area contributed by atoms with Gasteiger partial charge >= 0.3 is 0 Å². The monoisotopic (exact) mass is 425 g/mol. The van der Waals surface area contributed by atoms with Gasteiger partial charge in [0, 0.05) is 16.5 Å². The third kappa shape index (κ3) is 3.83. The maximum atomic E-state index is 13.0. The molecule has 1 N–H and O–H groups in total. The molecule has 1 aliphatic heterocycles. The summed E-state index contributed by atoms with van der Waals surface area (Å²) in [6.07, 6.45) is 0.527. The van der Waals surface area contributed by atoms with Gasteiger partial charge in [-0.3, -0.25) is 0 Å². The van der Waals surface area contributed by atoms with Gasteiger partial charge in [0.05, 0.1) is 13.2 Å². The summed E-state index contributed by atoms with van der Waals surface area (Å²) >= 11 is 3.32. The van der Waals surface area contributed by atoms with Gasteiger partial charge in [-0.2, -0.15) is 0 Å². The molecular weight excluding hydrogens is 406 g/mol. The van der Waals surface area contributed by atoms with Crippen molar-refractivity contribution in [3.63, 3.8) is 0 Å². The normalized spacial score (nSPS) is 19.0. The van der Waals surface area contributed by atoms with Gasteiger partial charge in [0.2, 0.25) is 10.0 Å². The highest BCUT2D eigenvalue weighted by molar-refractivity contribution is 9.10. The van der Waals surface area contributed by atoms with E-state index in [4.69, 9.17) is 9.47 Å². The molecule has 0 aromatic heterocycles. The number of halogens is 1. The van der Waals surface area contributed by atoms with Crippen LogP contribution in [0.3, 0.4) is 0 Å². The van der Waals surface area contributed by atoms with Gasteiger partial charge in [-0.1, -0.05) is 34.1 Å². The van der Waals surface area contributed by atoms with Crippen LogP contribution in [0, 0.1) is 0 Å². The van der Waals surface area contributed by atoms with E-state index in [1.54, 1.807) is 12.1 Å². The van der Waals surface area contributed by atoms with Crippen molar-refractivity contribution in [3.05, 3.63) is 52.5 Å². The number of para-hydroxylation sites is 1. The van der Waals surface area contributed by atoms with Crippen LogP contribution in [0.25, 0.3) is 0 Å². The number of rotatable bonds is 4. The molecule has 0 saturated heterocycles. The molecule has 25 heavy (non-hydrogen) atoms. The van der Waals surface area contributed by atoms with Crippen molar-refractivity contribution in [2.75, 3.05) is 7.11 Å². The van der Waals surface area contributed by atoms with E-state index in [9.17, 15) is 8.42 Å². The van der Waals surface area contributed by atoms with Crippen molar-refractivity contribution in [2.45, 2.75) is 36.8 Å². The smallest absolute Gasteiger partial charge is 0.244 e. The number of benzene rings is 2. The molecule has 134 valence electrons. The van der Waals surface area contributed by atoms with Crippen LogP contribution in [0.5, 0.6) is 11.5 Å². The molecule has 0 spiro atoms. The number of fused-ring (bicyclic) bond motifs is 1. The van der Waals surface area contributed by atoms with E-state index in [0.29, 0.717) is 22.4 Å². The summed E-state index contributed by atoms with van der Waals surface area (Å²) in [5.74, 6) is 1.00. The first-order valence-corrected chi connectivity index (χ1v) is 10.1.